The number of nitrogens with zero attached hydrogens (tertiary/aromatic N) is 4. The molecule has 2 amide bonds. The second-order valence-corrected chi connectivity index (χ2v) is 13.4. The first-order valence-electron chi connectivity index (χ1n) is 16.2. The molecule has 0 spiro atoms. The lowest BCUT2D eigenvalue weighted by molar-refractivity contribution is -0.0184. The zero-order chi connectivity index (χ0) is 36.1. The monoisotopic (exact) mass is 678 g/mol. The summed E-state index contributed by atoms with van der Waals surface area (Å²) in [4.78, 5) is 36.4. The number of aliphatic hydroxyl groups excluding tert-OH is 1. The van der Waals surface area contributed by atoms with Crippen molar-refractivity contribution in [3.63, 3.8) is 0 Å². The van der Waals surface area contributed by atoms with Crippen LogP contribution in [0.5, 0.6) is 0 Å². The Morgan fingerprint density at radius 2 is 1.40 bits per heavy atom. The largest absolute Gasteiger partial charge is 0.392 e. The molecule has 6 rings (SSSR count). The molecule has 1 unspecified atom stereocenters. The van der Waals surface area contributed by atoms with Gasteiger partial charge in [-0.2, -0.15) is 0 Å². The van der Waals surface area contributed by atoms with Crippen LogP contribution in [0.2, 0.25) is 0 Å². The third-order valence-corrected chi connectivity index (χ3v) is 8.93. The molecule has 2 aliphatic rings. The minimum absolute atomic E-state index is 0.144. The highest BCUT2D eigenvalue weighted by molar-refractivity contribution is 5.93. The molecule has 2 fully saturated rings. The highest BCUT2D eigenvalue weighted by Crippen LogP contribution is 2.40. The van der Waals surface area contributed by atoms with Gasteiger partial charge < -0.3 is 14.9 Å². The summed E-state index contributed by atoms with van der Waals surface area (Å²) >= 11 is 0. The Morgan fingerprint density at radius 1 is 0.820 bits per heavy atom. The predicted octanol–water partition coefficient (Wildman–Crippen LogP) is 6.24. The van der Waals surface area contributed by atoms with Gasteiger partial charge in [-0.1, -0.05) is 49.7 Å². The lowest BCUT2D eigenvalue weighted by atomic mass is 9.81. The molecule has 2 aromatic carbocycles. The minimum Gasteiger partial charge on any atom is -0.392 e. The summed E-state index contributed by atoms with van der Waals surface area (Å²) < 4.78 is 40.5. The van der Waals surface area contributed by atoms with Crippen LogP contribution in [0.3, 0.4) is 0 Å². The first-order chi connectivity index (χ1) is 23.7. The number of carbonyl (C=O) groups is 2. The fourth-order valence-corrected chi connectivity index (χ4v) is 5.28. The molecule has 1 atom stereocenters. The number of hydrogen-bond donors (Lipinski definition) is 1. The zero-order valence-electron chi connectivity index (χ0n) is 28.3. The molecule has 1 aliphatic carbocycles. The summed E-state index contributed by atoms with van der Waals surface area (Å²) in [6, 6.07) is 16.5. The summed E-state index contributed by atoms with van der Waals surface area (Å²) in [5, 5.41) is 10.0. The summed E-state index contributed by atoms with van der Waals surface area (Å²) in [5.41, 5.74) is 1.67. The van der Waals surface area contributed by atoms with Crippen LogP contribution in [0.15, 0.2) is 79.1 Å². The summed E-state index contributed by atoms with van der Waals surface area (Å²) in [7, 11) is 1.66. The maximum absolute atomic E-state index is 14.2. The summed E-state index contributed by atoms with van der Waals surface area (Å²) in [6.45, 7) is 6.88. The SMILES string of the molecule is CC1(C)CN(C(=O)c2ccc(C#Cc3cccc(F)c3)cn2)CCC1O.CN(C(=O)c1ncc(C#Cc2cccc(F)c2)cc1F)C1(C)CC1. The van der Waals surface area contributed by atoms with Gasteiger partial charge >= 0.3 is 0 Å². The average Bonchev–Trinajstić information content (AvgIpc) is 3.85. The molecule has 0 radical (unpaired) electrons. The molecular formula is C40H37F3N4O3. The van der Waals surface area contributed by atoms with E-state index in [0.29, 0.717) is 47.5 Å². The average molecular weight is 679 g/mol. The van der Waals surface area contributed by atoms with Crippen molar-refractivity contribution in [2.45, 2.75) is 51.7 Å². The maximum atomic E-state index is 14.2. The number of aromatic nitrogens is 2. The molecular weight excluding hydrogens is 641 g/mol. The fraction of sp³-hybridized carbons (Fsp3) is 0.300. The fourth-order valence-electron chi connectivity index (χ4n) is 5.28. The Morgan fingerprint density at radius 3 is 1.92 bits per heavy atom. The van der Waals surface area contributed by atoms with Crippen LogP contribution in [-0.2, 0) is 0 Å². The quantitative estimate of drug-likeness (QED) is 0.260. The van der Waals surface area contributed by atoms with Crippen molar-refractivity contribution in [2.75, 3.05) is 20.1 Å². The van der Waals surface area contributed by atoms with Crippen LogP contribution in [0.4, 0.5) is 13.2 Å². The Hall–Kier alpha value is -5.45. The molecule has 0 bridgehead atoms. The van der Waals surface area contributed by atoms with Gasteiger partial charge in [0.05, 0.1) is 6.10 Å². The molecule has 256 valence electrons. The molecule has 7 nitrogen and oxygen atoms in total. The van der Waals surface area contributed by atoms with E-state index in [1.807, 2.05) is 20.8 Å². The van der Waals surface area contributed by atoms with Crippen molar-refractivity contribution in [3.05, 3.63) is 130 Å². The smallest absolute Gasteiger partial charge is 0.275 e. The lowest BCUT2D eigenvalue weighted by Crippen LogP contribution is -2.50. The lowest BCUT2D eigenvalue weighted by Gasteiger charge is -2.41. The van der Waals surface area contributed by atoms with E-state index in [4.69, 9.17) is 0 Å². The number of piperidine rings is 1. The van der Waals surface area contributed by atoms with Gasteiger partial charge in [-0.05, 0) is 80.8 Å². The van der Waals surface area contributed by atoms with E-state index >= 15 is 0 Å². The van der Waals surface area contributed by atoms with Crippen molar-refractivity contribution in [1.29, 1.82) is 0 Å². The van der Waals surface area contributed by atoms with Gasteiger partial charge in [-0.3, -0.25) is 9.59 Å². The third kappa shape index (κ3) is 8.96. The van der Waals surface area contributed by atoms with E-state index in [1.54, 1.807) is 54.5 Å². The van der Waals surface area contributed by atoms with Gasteiger partial charge in [0.25, 0.3) is 11.8 Å². The summed E-state index contributed by atoms with van der Waals surface area (Å²) in [6.07, 6.45) is 4.88. The number of rotatable bonds is 3. The predicted molar refractivity (Wildman–Crippen MR) is 183 cm³/mol. The van der Waals surface area contributed by atoms with E-state index in [2.05, 4.69) is 33.6 Å². The second-order valence-electron chi connectivity index (χ2n) is 13.4. The molecule has 1 aliphatic heterocycles. The number of aliphatic hydroxyl groups is 1. The van der Waals surface area contributed by atoms with Crippen molar-refractivity contribution >= 4 is 11.8 Å². The van der Waals surface area contributed by atoms with Gasteiger partial charge in [-0.15, -0.1) is 0 Å². The van der Waals surface area contributed by atoms with Crippen LogP contribution in [-0.4, -0.2) is 68.5 Å². The third-order valence-electron chi connectivity index (χ3n) is 8.93. The molecule has 1 N–H and O–H groups in total. The van der Waals surface area contributed by atoms with E-state index in [1.165, 1.54) is 41.4 Å². The molecule has 10 heteroatoms. The number of carbonyl (C=O) groups excluding carboxylic acids is 2. The number of hydrogen-bond acceptors (Lipinski definition) is 5. The second kappa shape index (κ2) is 15.0. The Bertz CT molecular complexity index is 2020. The van der Waals surface area contributed by atoms with Crippen molar-refractivity contribution in [2.24, 2.45) is 5.41 Å². The standard InChI is InChI=1S/C21H21FN2O2.C19H16F2N2O/c1-21(2)14-24(11-10-19(21)25)20(26)18-9-8-16(13-23-18)7-6-15-4-3-5-17(22)12-15;1-19(8-9-19)23(2)18(24)17-16(21)11-14(12-22-17)7-6-13-4-3-5-15(20)10-13/h3-5,8-9,12-13,19,25H,10-11,14H2,1-2H3;3-5,10-12H,8-9H2,1-2H3. The van der Waals surface area contributed by atoms with E-state index in [-0.39, 0.29) is 34.2 Å². The molecule has 3 heterocycles. The van der Waals surface area contributed by atoms with Crippen molar-refractivity contribution in [1.82, 2.24) is 19.8 Å². The van der Waals surface area contributed by atoms with Gasteiger partial charge in [0.2, 0.25) is 0 Å². The van der Waals surface area contributed by atoms with Gasteiger partial charge in [0.1, 0.15) is 17.3 Å². The van der Waals surface area contributed by atoms with Crippen LogP contribution in [0.25, 0.3) is 0 Å². The Balaban J connectivity index is 0.000000195. The van der Waals surface area contributed by atoms with Gasteiger partial charge in [-0.25, -0.2) is 23.1 Å². The zero-order valence-corrected chi connectivity index (χ0v) is 28.3. The topological polar surface area (TPSA) is 86.6 Å². The van der Waals surface area contributed by atoms with E-state index < -0.39 is 17.8 Å². The first kappa shape index (κ1) is 35.8. The molecule has 4 aromatic rings. The number of pyridine rings is 2. The highest BCUT2D eigenvalue weighted by atomic mass is 19.1. The molecule has 1 saturated carbocycles. The number of likely N-dealkylation sites (tertiary alicyclic amines) is 1. The normalized spacial score (nSPS) is 16.7. The van der Waals surface area contributed by atoms with Gasteiger partial charge in [0.15, 0.2) is 11.5 Å². The van der Waals surface area contributed by atoms with E-state index in [9.17, 15) is 27.9 Å². The van der Waals surface area contributed by atoms with Crippen LogP contribution in [0, 0.1) is 46.5 Å². The van der Waals surface area contributed by atoms with Crippen LogP contribution in [0.1, 0.15) is 83.3 Å². The number of benzene rings is 2. The maximum Gasteiger partial charge on any atom is 0.275 e. The Kier molecular flexibility index (Phi) is 10.7. The van der Waals surface area contributed by atoms with Crippen molar-refractivity contribution in [3.8, 4) is 23.7 Å². The summed E-state index contributed by atoms with van der Waals surface area (Å²) in [5.74, 6) is 9.26. The van der Waals surface area contributed by atoms with Gasteiger partial charge in [0, 0.05) is 65.7 Å². The highest BCUT2D eigenvalue weighted by Gasteiger charge is 2.44. The van der Waals surface area contributed by atoms with Crippen molar-refractivity contribution < 1.29 is 27.9 Å². The minimum atomic E-state index is -0.706. The molecule has 50 heavy (non-hydrogen) atoms. The number of amides is 2. The Labute approximate surface area is 290 Å². The van der Waals surface area contributed by atoms with Crippen LogP contribution < -0.4 is 0 Å². The van der Waals surface area contributed by atoms with E-state index in [0.717, 1.165) is 12.8 Å². The first-order valence-corrected chi connectivity index (χ1v) is 16.2. The molecule has 2 aromatic heterocycles. The number of halogens is 3. The van der Waals surface area contributed by atoms with Crippen LogP contribution >= 0.6 is 0 Å². The molecule has 1 saturated heterocycles.